The number of carboxylic acid groups (broad SMARTS) is 1. The molecule has 1 aliphatic heterocycles. The molecule has 1 fully saturated rings. The summed E-state index contributed by atoms with van der Waals surface area (Å²) in [5.41, 5.74) is 1.95. The lowest BCUT2D eigenvalue weighted by atomic mass is 10.1. The summed E-state index contributed by atoms with van der Waals surface area (Å²) in [6, 6.07) is 6.88. The van der Waals surface area contributed by atoms with Crippen molar-refractivity contribution < 1.29 is 19.4 Å². The highest BCUT2D eigenvalue weighted by Crippen LogP contribution is 2.15. The van der Waals surface area contributed by atoms with Crippen LogP contribution in [0.2, 0.25) is 0 Å². The summed E-state index contributed by atoms with van der Waals surface area (Å²) < 4.78 is 7.02. The fourth-order valence-electron chi connectivity index (χ4n) is 2.75. The fraction of sp³-hybridized carbons (Fsp3) is 0.353. The molecule has 2 heterocycles. The Morgan fingerprint density at radius 3 is 2.71 bits per heavy atom. The Bertz CT molecular complexity index is 746. The number of carboxylic acids is 1. The van der Waals surface area contributed by atoms with Gasteiger partial charge in [0.2, 0.25) is 0 Å². The van der Waals surface area contributed by atoms with E-state index in [1.807, 2.05) is 0 Å². The molecule has 1 saturated heterocycles. The predicted molar refractivity (Wildman–Crippen MR) is 86.6 cm³/mol. The molecule has 1 aliphatic rings. The van der Waals surface area contributed by atoms with Gasteiger partial charge in [-0.2, -0.15) is 5.10 Å². The molecule has 7 nitrogen and oxygen atoms in total. The Morgan fingerprint density at radius 1 is 1.38 bits per heavy atom. The van der Waals surface area contributed by atoms with Gasteiger partial charge in [0.05, 0.1) is 23.7 Å². The lowest BCUT2D eigenvalue weighted by Gasteiger charge is -2.11. The number of amides is 1. The molecule has 0 radical (unpaired) electrons. The van der Waals surface area contributed by atoms with Gasteiger partial charge in [-0.25, -0.2) is 9.48 Å². The van der Waals surface area contributed by atoms with E-state index in [0.29, 0.717) is 23.5 Å². The van der Waals surface area contributed by atoms with E-state index in [1.54, 1.807) is 31.2 Å². The average molecular weight is 329 g/mol. The summed E-state index contributed by atoms with van der Waals surface area (Å²) in [5, 5.41) is 16.0. The number of ether oxygens (including phenoxy) is 1. The molecule has 1 amide bonds. The van der Waals surface area contributed by atoms with Crippen molar-refractivity contribution in [3.63, 3.8) is 0 Å². The van der Waals surface area contributed by atoms with Gasteiger partial charge >= 0.3 is 5.97 Å². The number of hydrogen-bond acceptors (Lipinski definition) is 4. The van der Waals surface area contributed by atoms with Crippen LogP contribution in [0.4, 0.5) is 0 Å². The maximum absolute atomic E-state index is 12.1. The van der Waals surface area contributed by atoms with Crippen LogP contribution in [0, 0.1) is 6.92 Å². The number of benzene rings is 1. The largest absolute Gasteiger partial charge is 0.478 e. The molecule has 1 atom stereocenters. The minimum absolute atomic E-state index is 0.106. The first kappa shape index (κ1) is 16.2. The standard InChI is InChI=1S/C17H19N3O4/c1-11-15(17(22)23)10-19-20(11)13-6-4-12(5-7-13)16(21)18-9-14-3-2-8-24-14/h4-7,10,14H,2-3,8-9H2,1H3,(H,18,21)(H,22,23)/t14-/m1/s1. The summed E-state index contributed by atoms with van der Waals surface area (Å²) in [7, 11) is 0. The molecule has 24 heavy (non-hydrogen) atoms. The van der Waals surface area contributed by atoms with Crippen molar-refractivity contribution in [3.8, 4) is 5.69 Å². The zero-order valence-electron chi connectivity index (χ0n) is 13.4. The molecule has 2 aromatic rings. The van der Waals surface area contributed by atoms with Crippen molar-refractivity contribution in [2.75, 3.05) is 13.2 Å². The highest BCUT2D eigenvalue weighted by Gasteiger charge is 2.17. The summed E-state index contributed by atoms with van der Waals surface area (Å²) in [5.74, 6) is -1.16. The smallest absolute Gasteiger partial charge is 0.339 e. The van der Waals surface area contributed by atoms with Gasteiger partial charge in [0.25, 0.3) is 5.91 Å². The third kappa shape index (κ3) is 3.30. The van der Waals surface area contributed by atoms with Crippen molar-refractivity contribution in [2.45, 2.75) is 25.9 Å². The zero-order valence-corrected chi connectivity index (χ0v) is 13.4. The van der Waals surface area contributed by atoms with Crippen LogP contribution in [0.3, 0.4) is 0 Å². The van der Waals surface area contributed by atoms with Crippen LogP contribution >= 0.6 is 0 Å². The van der Waals surface area contributed by atoms with E-state index in [4.69, 9.17) is 9.84 Å². The van der Waals surface area contributed by atoms with Crippen LogP contribution < -0.4 is 5.32 Å². The van der Waals surface area contributed by atoms with Crippen LogP contribution in [-0.4, -0.2) is 46.0 Å². The highest BCUT2D eigenvalue weighted by atomic mass is 16.5. The first-order valence-corrected chi connectivity index (χ1v) is 7.84. The van der Waals surface area contributed by atoms with Crippen molar-refractivity contribution in [3.05, 3.63) is 47.3 Å². The van der Waals surface area contributed by atoms with Gasteiger partial charge in [0, 0.05) is 18.7 Å². The van der Waals surface area contributed by atoms with Gasteiger partial charge in [-0.15, -0.1) is 0 Å². The molecule has 0 unspecified atom stereocenters. The first-order valence-electron chi connectivity index (χ1n) is 7.84. The Morgan fingerprint density at radius 2 is 2.12 bits per heavy atom. The van der Waals surface area contributed by atoms with Crippen LogP contribution in [0.5, 0.6) is 0 Å². The molecule has 1 aromatic carbocycles. The lowest BCUT2D eigenvalue weighted by Crippen LogP contribution is -2.31. The molecular formula is C17H19N3O4. The Balaban J connectivity index is 1.68. The Hall–Kier alpha value is -2.67. The maximum Gasteiger partial charge on any atom is 0.339 e. The van der Waals surface area contributed by atoms with Crippen molar-refractivity contribution in [1.82, 2.24) is 15.1 Å². The Labute approximate surface area is 139 Å². The van der Waals surface area contributed by atoms with Gasteiger partial charge in [-0.05, 0) is 44.0 Å². The number of nitrogens with one attached hydrogen (secondary N) is 1. The number of carbonyl (C=O) groups is 2. The van der Waals surface area contributed by atoms with E-state index in [1.165, 1.54) is 10.9 Å². The molecule has 0 aliphatic carbocycles. The second-order valence-corrected chi connectivity index (χ2v) is 5.75. The second-order valence-electron chi connectivity index (χ2n) is 5.75. The SMILES string of the molecule is Cc1c(C(=O)O)cnn1-c1ccc(C(=O)NC[C@H]2CCCO2)cc1. The van der Waals surface area contributed by atoms with Gasteiger partial charge in [-0.3, -0.25) is 4.79 Å². The van der Waals surface area contributed by atoms with E-state index in [-0.39, 0.29) is 17.6 Å². The molecule has 2 N–H and O–H groups in total. The summed E-state index contributed by atoms with van der Waals surface area (Å²) >= 11 is 0. The van der Waals surface area contributed by atoms with Crippen molar-refractivity contribution in [1.29, 1.82) is 0 Å². The van der Waals surface area contributed by atoms with Crippen molar-refractivity contribution in [2.24, 2.45) is 0 Å². The summed E-state index contributed by atoms with van der Waals surface area (Å²) in [4.78, 5) is 23.2. The number of carbonyl (C=O) groups excluding carboxylic acids is 1. The van der Waals surface area contributed by atoms with E-state index in [0.717, 1.165) is 19.4 Å². The zero-order chi connectivity index (χ0) is 17.1. The fourth-order valence-corrected chi connectivity index (χ4v) is 2.75. The first-order chi connectivity index (χ1) is 11.6. The average Bonchev–Trinajstić information content (AvgIpc) is 3.22. The maximum atomic E-state index is 12.1. The summed E-state index contributed by atoms with van der Waals surface area (Å²) in [6.07, 6.45) is 3.44. The molecule has 0 bridgehead atoms. The minimum atomic E-state index is -1.01. The van der Waals surface area contributed by atoms with Crippen molar-refractivity contribution >= 4 is 11.9 Å². The monoisotopic (exact) mass is 329 g/mol. The van der Waals surface area contributed by atoms with Crippen LogP contribution in [0.25, 0.3) is 5.69 Å². The molecule has 0 spiro atoms. The molecule has 3 rings (SSSR count). The van der Waals surface area contributed by atoms with Gasteiger partial charge in [-0.1, -0.05) is 0 Å². The third-order valence-electron chi connectivity index (χ3n) is 4.13. The quantitative estimate of drug-likeness (QED) is 0.872. The molecule has 0 saturated carbocycles. The van der Waals surface area contributed by atoms with Crippen LogP contribution in [0.1, 0.15) is 39.3 Å². The second kappa shape index (κ2) is 6.84. The van der Waals surface area contributed by atoms with Crippen LogP contribution in [-0.2, 0) is 4.74 Å². The third-order valence-corrected chi connectivity index (χ3v) is 4.13. The minimum Gasteiger partial charge on any atom is -0.478 e. The number of rotatable bonds is 5. The number of nitrogens with zero attached hydrogens (tertiary/aromatic N) is 2. The van der Waals surface area contributed by atoms with Gasteiger partial charge < -0.3 is 15.2 Å². The number of aromatic carboxylic acids is 1. The molecular weight excluding hydrogens is 310 g/mol. The van der Waals surface area contributed by atoms with Crippen LogP contribution in [0.15, 0.2) is 30.5 Å². The van der Waals surface area contributed by atoms with E-state index in [2.05, 4.69) is 10.4 Å². The highest BCUT2D eigenvalue weighted by molar-refractivity contribution is 5.94. The Kier molecular flexibility index (Phi) is 4.61. The molecule has 1 aromatic heterocycles. The molecule has 7 heteroatoms. The molecule has 126 valence electrons. The van der Waals surface area contributed by atoms with E-state index >= 15 is 0 Å². The number of hydrogen-bond donors (Lipinski definition) is 2. The van der Waals surface area contributed by atoms with E-state index in [9.17, 15) is 9.59 Å². The number of aromatic nitrogens is 2. The normalized spacial score (nSPS) is 17.0. The lowest BCUT2D eigenvalue weighted by molar-refractivity contribution is 0.0695. The van der Waals surface area contributed by atoms with Gasteiger partial charge in [0.1, 0.15) is 5.56 Å². The predicted octanol–water partition coefficient (Wildman–Crippen LogP) is 1.79. The van der Waals surface area contributed by atoms with E-state index < -0.39 is 5.97 Å². The summed E-state index contributed by atoms with van der Waals surface area (Å²) in [6.45, 7) is 2.97. The van der Waals surface area contributed by atoms with Gasteiger partial charge in [0.15, 0.2) is 0 Å². The topological polar surface area (TPSA) is 93.5 Å².